The van der Waals surface area contributed by atoms with Gasteiger partial charge in [-0.25, -0.2) is 9.97 Å². The summed E-state index contributed by atoms with van der Waals surface area (Å²) in [6.45, 7) is 0.839. The monoisotopic (exact) mass is 320 g/mol. The molecule has 1 aromatic carbocycles. The van der Waals surface area contributed by atoms with Crippen LogP contribution < -0.4 is 10.1 Å². The summed E-state index contributed by atoms with van der Waals surface area (Å²) in [6.07, 6.45) is 6.92. The fourth-order valence-electron chi connectivity index (χ4n) is 3.44. The van der Waals surface area contributed by atoms with Crippen molar-refractivity contribution in [2.45, 2.75) is 24.7 Å². The summed E-state index contributed by atoms with van der Waals surface area (Å²) in [5, 5.41) is 3.49. The van der Waals surface area contributed by atoms with Crippen LogP contribution in [0.5, 0.6) is 5.75 Å². The van der Waals surface area contributed by atoms with Crippen LogP contribution in [-0.4, -0.2) is 28.6 Å². The van der Waals surface area contributed by atoms with Gasteiger partial charge in [-0.2, -0.15) is 0 Å². The van der Waals surface area contributed by atoms with E-state index in [1.807, 2.05) is 24.3 Å². The molecule has 0 unspecified atom stereocenters. The van der Waals surface area contributed by atoms with E-state index in [4.69, 9.17) is 4.74 Å². The lowest BCUT2D eigenvalue weighted by Crippen LogP contribution is -2.41. The number of rotatable bonds is 5. The van der Waals surface area contributed by atoms with E-state index >= 15 is 0 Å². The van der Waals surface area contributed by atoms with Crippen molar-refractivity contribution in [2.24, 2.45) is 0 Å². The Kier molecular flexibility index (Phi) is 3.76. The highest BCUT2D eigenvalue weighted by Crippen LogP contribution is 2.47. The molecule has 5 heteroatoms. The van der Waals surface area contributed by atoms with E-state index < -0.39 is 0 Å². The molecule has 4 rings (SSSR count). The maximum Gasteiger partial charge on any atom is 0.180 e. The lowest BCUT2D eigenvalue weighted by atomic mass is 9.64. The van der Waals surface area contributed by atoms with Crippen molar-refractivity contribution in [1.29, 1.82) is 0 Å². The molecular formula is C19H20N4O. The predicted octanol–water partition coefficient (Wildman–Crippen LogP) is 3.57. The molecule has 2 aromatic heterocycles. The number of anilines is 1. The molecule has 2 heterocycles. The summed E-state index contributed by atoms with van der Waals surface area (Å²) in [5.41, 5.74) is 2.88. The fourth-order valence-corrected chi connectivity index (χ4v) is 3.44. The molecule has 5 nitrogen and oxygen atoms in total. The van der Waals surface area contributed by atoms with Crippen molar-refractivity contribution in [3.8, 4) is 5.75 Å². The normalized spacial score (nSPS) is 15.7. The van der Waals surface area contributed by atoms with Crippen LogP contribution in [0.15, 0.2) is 48.8 Å². The Labute approximate surface area is 141 Å². The van der Waals surface area contributed by atoms with Crippen LogP contribution in [-0.2, 0) is 5.41 Å². The van der Waals surface area contributed by atoms with Gasteiger partial charge in [0.15, 0.2) is 5.65 Å². The Hall–Kier alpha value is -2.69. The van der Waals surface area contributed by atoms with Crippen LogP contribution in [0.25, 0.3) is 11.2 Å². The molecule has 0 spiro atoms. The van der Waals surface area contributed by atoms with E-state index in [1.165, 1.54) is 12.0 Å². The number of benzene rings is 1. The van der Waals surface area contributed by atoms with Gasteiger partial charge in [0.25, 0.3) is 0 Å². The van der Waals surface area contributed by atoms with Crippen LogP contribution >= 0.6 is 0 Å². The van der Waals surface area contributed by atoms with Crippen molar-refractivity contribution in [3.05, 3.63) is 54.4 Å². The highest BCUT2D eigenvalue weighted by molar-refractivity contribution is 5.71. The highest BCUT2D eigenvalue weighted by atomic mass is 16.5. The minimum atomic E-state index is 0.117. The third-order valence-corrected chi connectivity index (χ3v) is 4.93. The first-order valence-corrected chi connectivity index (χ1v) is 8.26. The zero-order chi connectivity index (χ0) is 16.4. The van der Waals surface area contributed by atoms with E-state index in [0.29, 0.717) is 5.65 Å². The Morgan fingerprint density at radius 2 is 1.92 bits per heavy atom. The molecule has 1 N–H and O–H groups in total. The number of aromatic nitrogens is 3. The van der Waals surface area contributed by atoms with E-state index in [-0.39, 0.29) is 5.41 Å². The molecule has 122 valence electrons. The number of fused-ring (bicyclic) bond motifs is 1. The molecule has 24 heavy (non-hydrogen) atoms. The van der Waals surface area contributed by atoms with Gasteiger partial charge in [0.1, 0.15) is 17.1 Å². The third kappa shape index (κ3) is 2.56. The van der Waals surface area contributed by atoms with Gasteiger partial charge in [-0.15, -0.1) is 0 Å². The molecule has 0 aliphatic heterocycles. The molecule has 0 saturated heterocycles. The van der Waals surface area contributed by atoms with Crippen LogP contribution in [0.3, 0.4) is 0 Å². The second-order valence-electron chi connectivity index (χ2n) is 6.28. The molecule has 1 aliphatic carbocycles. The SMILES string of the molecule is COc1ccccc1C1(CNc2ccc3nccnc3n2)CCC1. The maximum absolute atomic E-state index is 5.58. The van der Waals surface area contributed by atoms with Gasteiger partial charge in [0.2, 0.25) is 0 Å². The number of para-hydroxylation sites is 1. The summed E-state index contributed by atoms with van der Waals surface area (Å²) in [7, 11) is 1.74. The fraction of sp³-hybridized carbons (Fsp3) is 0.316. The molecule has 0 bridgehead atoms. The molecular weight excluding hydrogens is 300 g/mol. The minimum Gasteiger partial charge on any atom is -0.496 e. The van der Waals surface area contributed by atoms with E-state index in [1.54, 1.807) is 19.5 Å². The number of nitrogens with one attached hydrogen (secondary N) is 1. The van der Waals surface area contributed by atoms with E-state index in [2.05, 4.69) is 32.4 Å². The number of methoxy groups -OCH3 is 1. The van der Waals surface area contributed by atoms with Crippen molar-refractivity contribution < 1.29 is 4.74 Å². The number of pyridine rings is 1. The van der Waals surface area contributed by atoms with Crippen molar-refractivity contribution in [3.63, 3.8) is 0 Å². The second-order valence-corrected chi connectivity index (χ2v) is 6.28. The Bertz CT molecular complexity index is 861. The molecule has 1 saturated carbocycles. The number of hydrogen-bond donors (Lipinski definition) is 1. The molecule has 0 amide bonds. The Morgan fingerprint density at radius 1 is 1.08 bits per heavy atom. The minimum absolute atomic E-state index is 0.117. The Balaban J connectivity index is 1.58. The summed E-state index contributed by atoms with van der Waals surface area (Å²) in [4.78, 5) is 13.1. The second kappa shape index (κ2) is 6.07. The quantitative estimate of drug-likeness (QED) is 0.779. The van der Waals surface area contributed by atoms with E-state index in [0.717, 1.165) is 36.5 Å². The largest absolute Gasteiger partial charge is 0.496 e. The summed E-state index contributed by atoms with van der Waals surface area (Å²) < 4.78 is 5.58. The number of hydrogen-bond acceptors (Lipinski definition) is 5. The lowest BCUT2D eigenvalue weighted by molar-refractivity contribution is 0.250. The zero-order valence-electron chi connectivity index (χ0n) is 13.7. The topological polar surface area (TPSA) is 59.9 Å². The van der Waals surface area contributed by atoms with Crippen LogP contribution in [0.2, 0.25) is 0 Å². The van der Waals surface area contributed by atoms with Crippen molar-refractivity contribution in [1.82, 2.24) is 15.0 Å². The molecule has 1 aliphatic rings. The Morgan fingerprint density at radius 3 is 2.71 bits per heavy atom. The summed E-state index contributed by atoms with van der Waals surface area (Å²) >= 11 is 0. The average Bonchev–Trinajstić information content (AvgIpc) is 2.61. The first kappa shape index (κ1) is 14.9. The third-order valence-electron chi connectivity index (χ3n) is 4.93. The number of nitrogens with zero attached hydrogens (tertiary/aromatic N) is 3. The van der Waals surface area contributed by atoms with Gasteiger partial charge in [-0.3, -0.25) is 4.98 Å². The van der Waals surface area contributed by atoms with Gasteiger partial charge in [-0.1, -0.05) is 24.6 Å². The molecule has 0 atom stereocenters. The lowest BCUT2D eigenvalue weighted by Gasteiger charge is -2.43. The molecule has 1 fully saturated rings. The smallest absolute Gasteiger partial charge is 0.180 e. The van der Waals surface area contributed by atoms with Gasteiger partial charge in [0.05, 0.1) is 7.11 Å². The van der Waals surface area contributed by atoms with Crippen LogP contribution in [0.4, 0.5) is 5.82 Å². The van der Waals surface area contributed by atoms with Crippen molar-refractivity contribution >= 4 is 17.0 Å². The zero-order valence-corrected chi connectivity index (χ0v) is 13.7. The van der Waals surface area contributed by atoms with Gasteiger partial charge in [-0.05, 0) is 31.0 Å². The summed E-state index contributed by atoms with van der Waals surface area (Å²) in [6, 6.07) is 12.2. The first-order chi connectivity index (χ1) is 11.8. The maximum atomic E-state index is 5.58. The van der Waals surface area contributed by atoms with Gasteiger partial charge < -0.3 is 10.1 Å². The van der Waals surface area contributed by atoms with E-state index in [9.17, 15) is 0 Å². The average molecular weight is 320 g/mol. The molecule has 0 radical (unpaired) electrons. The van der Waals surface area contributed by atoms with Crippen molar-refractivity contribution in [2.75, 3.05) is 19.0 Å². The highest BCUT2D eigenvalue weighted by Gasteiger charge is 2.40. The van der Waals surface area contributed by atoms with Crippen LogP contribution in [0.1, 0.15) is 24.8 Å². The van der Waals surface area contributed by atoms with Crippen LogP contribution in [0, 0.1) is 0 Å². The standard InChI is InChI=1S/C19H20N4O/c1-24-16-6-3-2-5-14(16)19(9-4-10-19)13-22-17-8-7-15-18(23-17)21-12-11-20-15/h2-3,5-8,11-12H,4,9-10,13H2,1H3,(H,21,22,23). The van der Waals surface area contributed by atoms with Gasteiger partial charge in [0, 0.05) is 29.9 Å². The number of ether oxygens (including phenoxy) is 1. The van der Waals surface area contributed by atoms with Gasteiger partial charge >= 0.3 is 0 Å². The first-order valence-electron chi connectivity index (χ1n) is 8.26. The summed E-state index contributed by atoms with van der Waals surface area (Å²) in [5.74, 6) is 1.81. The molecule has 3 aromatic rings. The predicted molar refractivity (Wildman–Crippen MR) is 94.3 cm³/mol.